The van der Waals surface area contributed by atoms with Crippen molar-refractivity contribution in [2.75, 3.05) is 25.6 Å². The van der Waals surface area contributed by atoms with Crippen LogP contribution in [0.15, 0.2) is 67.3 Å². The van der Waals surface area contributed by atoms with Crippen LogP contribution in [0, 0.1) is 0 Å². The van der Waals surface area contributed by atoms with Gasteiger partial charge in [0.15, 0.2) is 11.5 Å². The van der Waals surface area contributed by atoms with Crippen molar-refractivity contribution >= 4 is 23.3 Å². The van der Waals surface area contributed by atoms with Gasteiger partial charge in [0, 0.05) is 30.6 Å². The molecule has 186 valence electrons. The normalized spacial score (nSPS) is 15.1. The second-order valence-corrected chi connectivity index (χ2v) is 8.11. The fourth-order valence-electron chi connectivity index (χ4n) is 4.04. The number of aliphatic hydroxyl groups excluding tert-OH is 1. The summed E-state index contributed by atoms with van der Waals surface area (Å²) < 4.78 is 11.3. The van der Waals surface area contributed by atoms with Crippen molar-refractivity contribution in [3.63, 3.8) is 0 Å². The Morgan fingerprint density at radius 1 is 1.14 bits per heavy atom. The summed E-state index contributed by atoms with van der Waals surface area (Å²) in [7, 11) is 1.44. The zero-order chi connectivity index (χ0) is 25.5. The summed E-state index contributed by atoms with van der Waals surface area (Å²) in [5.74, 6) is 0.107. The highest BCUT2D eigenvalue weighted by Gasteiger charge is 2.31. The number of amides is 2. The minimum atomic E-state index is -1.33. The topological polar surface area (TPSA) is 134 Å². The first-order valence-corrected chi connectivity index (χ1v) is 11.2. The molecule has 3 aromatic rings. The lowest BCUT2D eigenvalue weighted by Crippen LogP contribution is -2.45. The molecule has 1 aliphatic rings. The molecule has 10 heteroatoms. The molecule has 0 radical (unpaired) electrons. The lowest BCUT2D eigenvalue weighted by atomic mass is 9.95. The number of hydrogen-bond acceptors (Lipinski definition) is 7. The fourth-order valence-corrected chi connectivity index (χ4v) is 4.04. The Balaban J connectivity index is 1.64. The predicted octanol–water partition coefficient (Wildman–Crippen LogP) is 3.44. The van der Waals surface area contributed by atoms with Gasteiger partial charge in [-0.15, -0.1) is 0 Å². The SMILES string of the molecule is COc1cc(C(=O)N2CC=C(c3cncnc3)C[C@H]2CO)c(NC(=O)O)cc1OCc1ccccc1. The van der Waals surface area contributed by atoms with Gasteiger partial charge in [-0.2, -0.15) is 0 Å². The number of nitrogens with one attached hydrogen (secondary N) is 1. The van der Waals surface area contributed by atoms with Gasteiger partial charge in [0.2, 0.25) is 0 Å². The van der Waals surface area contributed by atoms with E-state index in [1.165, 1.54) is 30.5 Å². The first-order valence-electron chi connectivity index (χ1n) is 11.2. The van der Waals surface area contributed by atoms with Crippen molar-refractivity contribution in [2.24, 2.45) is 0 Å². The molecular formula is C26H26N4O6. The molecule has 0 bridgehead atoms. The van der Waals surface area contributed by atoms with Crippen LogP contribution >= 0.6 is 0 Å². The van der Waals surface area contributed by atoms with E-state index in [1.807, 2.05) is 36.4 Å². The fraction of sp³-hybridized carbons (Fsp3) is 0.231. The average molecular weight is 491 g/mol. The lowest BCUT2D eigenvalue weighted by molar-refractivity contribution is 0.0619. The molecule has 1 aliphatic heterocycles. The first kappa shape index (κ1) is 24.7. The standard InChI is InChI=1S/C26H26N4O6/c1-35-23-10-21(22(29-26(33)34)11-24(23)36-15-17-5-3-2-4-6-17)25(32)30-8-7-18(9-20(30)14-31)19-12-27-16-28-13-19/h2-7,10-13,16,20,29,31H,8-9,14-15H2,1H3,(H,33,34)/t20-/m0/s1. The zero-order valence-corrected chi connectivity index (χ0v) is 19.6. The van der Waals surface area contributed by atoms with E-state index in [-0.39, 0.29) is 42.5 Å². The van der Waals surface area contributed by atoms with Gasteiger partial charge in [-0.1, -0.05) is 36.4 Å². The Labute approximate surface area is 207 Å². The Morgan fingerprint density at radius 3 is 2.56 bits per heavy atom. The number of nitrogens with zero attached hydrogens (tertiary/aromatic N) is 3. The van der Waals surface area contributed by atoms with Crippen molar-refractivity contribution in [1.82, 2.24) is 14.9 Å². The number of carbonyl (C=O) groups excluding carboxylic acids is 1. The minimum Gasteiger partial charge on any atom is -0.493 e. The van der Waals surface area contributed by atoms with Crippen LogP contribution in [0.4, 0.5) is 10.5 Å². The molecule has 0 aliphatic carbocycles. The molecule has 1 atom stereocenters. The van der Waals surface area contributed by atoms with Gasteiger partial charge >= 0.3 is 6.09 Å². The second kappa shape index (κ2) is 11.3. The summed E-state index contributed by atoms with van der Waals surface area (Å²) in [6, 6.07) is 11.8. The number of benzene rings is 2. The molecule has 2 heterocycles. The molecule has 2 amide bonds. The number of anilines is 1. The Hall–Kier alpha value is -4.44. The van der Waals surface area contributed by atoms with E-state index in [2.05, 4.69) is 15.3 Å². The Bertz CT molecular complexity index is 1250. The van der Waals surface area contributed by atoms with Crippen molar-refractivity contribution in [3.05, 3.63) is 84.0 Å². The van der Waals surface area contributed by atoms with E-state index >= 15 is 0 Å². The monoisotopic (exact) mass is 490 g/mol. The quantitative estimate of drug-likeness (QED) is 0.437. The van der Waals surface area contributed by atoms with Crippen molar-refractivity contribution in [2.45, 2.75) is 19.1 Å². The van der Waals surface area contributed by atoms with Gasteiger partial charge in [-0.05, 0) is 23.6 Å². The number of rotatable bonds is 8. The Morgan fingerprint density at radius 2 is 1.89 bits per heavy atom. The van der Waals surface area contributed by atoms with Gasteiger partial charge < -0.3 is 24.6 Å². The number of aromatic nitrogens is 2. The second-order valence-electron chi connectivity index (χ2n) is 8.11. The molecule has 0 fully saturated rings. The van der Waals surface area contributed by atoms with Gasteiger partial charge in [0.05, 0.1) is 31.0 Å². The third-order valence-corrected chi connectivity index (χ3v) is 5.85. The van der Waals surface area contributed by atoms with E-state index in [9.17, 15) is 19.8 Å². The summed E-state index contributed by atoms with van der Waals surface area (Å²) >= 11 is 0. The van der Waals surface area contributed by atoms with Crippen molar-refractivity contribution in [1.29, 1.82) is 0 Å². The number of carboxylic acid groups (broad SMARTS) is 1. The molecule has 10 nitrogen and oxygen atoms in total. The summed E-state index contributed by atoms with van der Waals surface area (Å²) in [5.41, 5.74) is 2.79. The van der Waals surface area contributed by atoms with Crippen molar-refractivity contribution in [3.8, 4) is 11.5 Å². The molecule has 2 aromatic carbocycles. The third kappa shape index (κ3) is 5.61. The molecule has 0 spiro atoms. The molecule has 0 saturated heterocycles. The molecule has 36 heavy (non-hydrogen) atoms. The Kier molecular flexibility index (Phi) is 7.76. The number of ether oxygens (including phenoxy) is 2. The minimum absolute atomic E-state index is 0.0549. The molecule has 3 N–H and O–H groups in total. The van der Waals surface area contributed by atoms with Gasteiger partial charge in [-0.25, -0.2) is 14.8 Å². The van der Waals surface area contributed by atoms with Gasteiger partial charge in [0.25, 0.3) is 5.91 Å². The van der Waals surface area contributed by atoms with Crippen LogP contribution in [-0.4, -0.2) is 63.4 Å². The largest absolute Gasteiger partial charge is 0.493 e. The maximum absolute atomic E-state index is 13.6. The average Bonchev–Trinajstić information content (AvgIpc) is 2.92. The van der Waals surface area contributed by atoms with Crippen LogP contribution in [0.1, 0.15) is 27.9 Å². The predicted molar refractivity (Wildman–Crippen MR) is 132 cm³/mol. The maximum atomic E-state index is 13.6. The number of hydrogen-bond donors (Lipinski definition) is 3. The van der Waals surface area contributed by atoms with Crippen LogP contribution in [0.25, 0.3) is 5.57 Å². The molecule has 4 rings (SSSR count). The first-order chi connectivity index (χ1) is 17.5. The van der Waals surface area contributed by atoms with E-state index in [4.69, 9.17) is 9.47 Å². The van der Waals surface area contributed by atoms with Crippen LogP contribution in [-0.2, 0) is 6.61 Å². The van der Waals surface area contributed by atoms with Crippen LogP contribution in [0.5, 0.6) is 11.5 Å². The summed E-state index contributed by atoms with van der Waals surface area (Å²) in [4.78, 5) is 34.7. The molecule has 0 unspecified atom stereocenters. The smallest absolute Gasteiger partial charge is 0.409 e. The van der Waals surface area contributed by atoms with Crippen LogP contribution in [0.3, 0.4) is 0 Å². The summed E-state index contributed by atoms with van der Waals surface area (Å²) in [6.07, 6.45) is 5.74. The third-order valence-electron chi connectivity index (χ3n) is 5.85. The highest BCUT2D eigenvalue weighted by Crippen LogP contribution is 2.36. The molecular weight excluding hydrogens is 464 g/mol. The number of carbonyl (C=O) groups is 2. The van der Waals surface area contributed by atoms with Gasteiger partial charge in [0.1, 0.15) is 12.9 Å². The zero-order valence-electron chi connectivity index (χ0n) is 19.6. The van der Waals surface area contributed by atoms with E-state index in [1.54, 1.807) is 12.4 Å². The van der Waals surface area contributed by atoms with Gasteiger partial charge in [-0.3, -0.25) is 10.1 Å². The van der Waals surface area contributed by atoms with E-state index < -0.39 is 18.0 Å². The van der Waals surface area contributed by atoms with E-state index in [0.717, 1.165) is 16.7 Å². The van der Waals surface area contributed by atoms with E-state index in [0.29, 0.717) is 6.42 Å². The number of aliphatic hydroxyl groups is 1. The lowest BCUT2D eigenvalue weighted by Gasteiger charge is -2.34. The maximum Gasteiger partial charge on any atom is 0.409 e. The summed E-state index contributed by atoms with van der Waals surface area (Å²) in [6.45, 7) is 0.176. The summed E-state index contributed by atoms with van der Waals surface area (Å²) in [5, 5.41) is 21.7. The van der Waals surface area contributed by atoms with Crippen LogP contribution < -0.4 is 14.8 Å². The highest BCUT2D eigenvalue weighted by molar-refractivity contribution is 6.03. The highest BCUT2D eigenvalue weighted by atomic mass is 16.5. The number of methoxy groups -OCH3 is 1. The molecule has 0 saturated carbocycles. The van der Waals surface area contributed by atoms with Crippen molar-refractivity contribution < 1.29 is 29.3 Å². The molecule has 1 aromatic heterocycles. The van der Waals surface area contributed by atoms with Crippen LogP contribution in [0.2, 0.25) is 0 Å².